The van der Waals surface area contributed by atoms with Crippen LogP contribution in [0.2, 0.25) is 0 Å². The van der Waals surface area contributed by atoms with Gasteiger partial charge in [-0.15, -0.1) is 0 Å². The fraction of sp³-hybridized carbons (Fsp3) is 0.875. The van der Waals surface area contributed by atoms with Crippen LogP contribution in [0.25, 0.3) is 0 Å². The highest BCUT2D eigenvalue weighted by Crippen LogP contribution is 2.72. The first kappa shape index (κ1) is 18.2. The zero-order chi connectivity index (χ0) is 18.9. The number of amides is 1. The van der Waals surface area contributed by atoms with Crippen LogP contribution in [-0.4, -0.2) is 37.1 Å². The molecule has 0 N–H and O–H groups in total. The summed E-state index contributed by atoms with van der Waals surface area (Å²) in [6.07, 6.45) is 11.6. The van der Waals surface area contributed by atoms with Gasteiger partial charge in [0.15, 0.2) is 0 Å². The van der Waals surface area contributed by atoms with Gasteiger partial charge in [0.2, 0.25) is 5.91 Å². The SMILES string of the molecule is C=C1C[C@@]23CC[C@H]4[C@@](C)(CCC[C@@]4(C)C(=O)N4CCOCC4)[C@@H]2CC[C@@H]1C3. The molecule has 0 unspecified atom stereocenters. The second-order valence-electron chi connectivity index (χ2n) is 11.0. The van der Waals surface area contributed by atoms with E-state index in [1.165, 1.54) is 51.4 Å². The van der Waals surface area contributed by atoms with Gasteiger partial charge in [-0.3, -0.25) is 4.79 Å². The Morgan fingerprint density at radius 3 is 2.63 bits per heavy atom. The molecule has 5 aliphatic rings. The minimum atomic E-state index is -0.168. The van der Waals surface area contributed by atoms with Crippen LogP contribution in [-0.2, 0) is 9.53 Å². The van der Waals surface area contributed by atoms with Crippen LogP contribution in [0.3, 0.4) is 0 Å². The third-order valence-corrected chi connectivity index (χ3v) is 9.84. The molecule has 0 aromatic rings. The van der Waals surface area contributed by atoms with Gasteiger partial charge in [-0.2, -0.15) is 0 Å². The summed E-state index contributed by atoms with van der Waals surface area (Å²) in [5, 5.41) is 0. The number of hydrogen-bond acceptors (Lipinski definition) is 2. The number of allylic oxidation sites excluding steroid dienone is 1. The lowest BCUT2D eigenvalue weighted by Gasteiger charge is -2.64. The summed E-state index contributed by atoms with van der Waals surface area (Å²) in [6, 6.07) is 0. The molecule has 0 radical (unpaired) electrons. The summed E-state index contributed by atoms with van der Waals surface area (Å²) in [5.74, 6) is 2.58. The maximum absolute atomic E-state index is 13.7. The van der Waals surface area contributed by atoms with Gasteiger partial charge in [0.25, 0.3) is 0 Å². The van der Waals surface area contributed by atoms with Crippen molar-refractivity contribution >= 4 is 5.91 Å². The number of nitrogens with zero attached hydrogens (tertiary/aromatic N) is 1. The Hall–Kier alpha value is -0.830. The Morgan fingerprint density at radius 2 is 1.85 bits per heavy atom. The predicted octanol–water partition coefficient (Wildman–Crippen LogP) is 4.81. The van der Waals surface area contributed by atoms with Crippen LogP contribution in [0.15, 0.2) is 12.2 Å². The first-order valence-corrected chi connectivity index (χ1v) is 11.4. The lowest BCUT2D eigenvalue weighted by atomic mass is 9.41. The van der Waals surface area contributed by atoms with Crippen LogP contribution in [0, 0.1) is 34.0 Å². The molecular weight excluding hydrogens is 334 g/mol. The second-order valence-corrected chi connectivity index (χ2v) is 11.0. The highest BCUT2D eigenvalue weighted by molar-refractivity contribution is 5.83. The normalized spacial score (nSPS) is 49.5. The topological polar surface area (TPSA) is 29.5 Å². The molecule has 27 heavy (non-hydrogen) atoms. The van der Waals surface area contributed by atoms with Crippen molar-refractivity contribution in [3.8, 4) is 0 Å². The Balaban J connectivity index is 1.47. The Morgan fingerprint density at radius 1 is 1.07 bits per heavy atom. The van der Waals surface area contributed by atoms with Crippen LogP contribution >= 0.6 is 0 Å². The molecule has 1 aliphatic heterocycles. The summed E-state index contributed by atoms with van der Waals surface area (Å²) in [6.45, 7) is 12.3. The lowest BCUT2D eigenvalue weighted by molar-refractivity contribution is -0.178. The van der Waals surface area contributed by atoms with Crippen molar-refractivity contribution in [2.75, 3.05) is 26.3 Å². The molecule has 2 bridgehead atoms. The average Bonchev–Trinajstić information content (AvgIpc) is 2.90. The fourth-order valence-electron chi connectivity index (χ4n) is 8.74. The summed E-state index contributed by atoms with van der Waals surface area (Å²) in [4.78, 5) is 15.8. The van der Waals surface area contributed by atoms with E-state index >= 15 is 0 Å². The molecular formula is C24H37NO2. The maximum Gasteiger partial charge on any atom is 0.228 e. The van der Waals surface area contributed by atoms with Crippen molar-refractivity contribution in [1.29, 1.82) is 0 Å². The van der Waals surface area contributed by atoms with Crippen LogP contribution in [0.4, 0.5) is 0 Å². The van der Waals surface area contributed by atoms with Crippen LogP contribution < -0.4 is 0 Å². The molecule has 6 atom stereocenters. The molecule has 0 aromatic carbocycles. The molecule has 1 spiro atoms. The van der Waals surface area contributed by atoms with Crippen molar-refractivity contribution < 1.29 is 9.53 Å². The van der Waals surface area contributed by atoms with Gasteiger partial charge in [0.05, 0.1) is 13.2 Å². The molecule has 5 rings (SSSR count). The maximum atomic E-state index is 13.7. The summed E-state index contributed by atoms with van der Waals surface area (Å²) in [5.41, 5.74) is 2.23. The Bertz CT molecular complexity index is 653. The highest BCUT2D eigenvalue weighted by Gasteiger charge is 2.65. The van der Waals surface area contributed by atoms with E-state index in [1.54, 1.807) is 5.57 Å². The van der Waals surface area contributed by atoms with Crippen LogP contribution in [0.1, 0.15) is 71.6 Å². The van der Waals surface area contributed by atoms with Gasteiger partial charge in [-0.1, -0.05) is 32.4 Å². The summed E-state index contributed by atoms with van der Waals surface area (Å²) >= 11 is 0. The molecule has 3 heteroatoms. The monoisotopic (exact) mass is 371 g/mol. The number of fused-ring (bicyclic) bond motifs is 3. The van der Waals surface area contributed by atoms with E-state index in [1.807, 2.05) is 0 Å². The van der Waals surface area contributed by atoms with E-state index in [4.69, 9.17) is 4.74 Å². The predicted molar refractivity (Wildman–Crippen MR) is 107 cm³/mol. The van der Waals surface area contributed by atoms with E-state index < -0.39 is 0 Å². The first-order chi connectivity index (χ1) is 12.9. The standard InChI is InChI=1S/C24H37NO2/c1-17-15-24-10-7-19-22(2,20(24)6-5-18(17)16-24)8-4-9-23(19,3)21(26)25-11-13-27-14-12-25/h18-20H,1,4-16H2,2-3H3/t18-,19+,20+,22-,23-,24-/m1/s1. The number of morpholine rings is 1. The highest BCUT2D eigenvalue weighted by atomic mass is 16.5. The molecule has 150 valence electrons. The van der Waals surface area contributed by atoms with E-state index in [2.05, 4.69) is 25.3 Å². The number of hydrogen-bond donors (Lipinski definition) is 0. The minimum Gasteiger partial charge on any atom is -0.378 e. The molecule has 4 saturated carbocycles. The van der Waals surface area contributed by atoms with Gasteiger partial charge in [-0.05, 0) is 80.0 Å². The average molecular weight is 372 g/mol. The van der Waals surface area contributed by atoms with Crippen molar-refractivity contribution in [3.63, 3.8) is 0 Å². The Labute approximate surface area is 164 Å². The van der Waals surface area contributed by atoms with Crippen LogP contribution in [0.5, 0.6) is 0 Å². The molecule has 5 fully saturated rings. The molecule has 1 amide bonds. The summed E-state index contributed by atoms with van der Waals surface area (Å²) < 4.78 is 5.51. The largest absolute Gasteiger partial charge is 0.378 e. The molecule has 0 aromatic heterocycles. The van der Waals surface area contributed by atoms with Crippen molar-refractivity contribution in [3.05, 3.63) is 12.2 Å². The third kappa shape index (κ3) is 2.46. The van der Waals surface area contributed by atoms with Gasteiger partial charge in [0, 0.05) is 18.5 Å². The van der Waals surface area contributed by atoms with E-state index in [0.29, 0.717) is 35.9 Å². The lowest BCUT2D eigenvalue weighted by Crippen LogP contribution is -2.61. The van der Waals surface area contributed by atoms with Gasteiger partial charge in [0.1, 0.15) is 0 Å². The van der Waals surface area contributed by atoms with Crippen molar-refractivity contribution in [2.45, 2.75) is 71.6 Å². The van der Waals surface area contributed by atoms with Crippen molar-refractivity contribution in [1.82, 2.24) is 4.90 Å². The van der Waals surface area contributed by atoms with E-state index in [-0.39, 0.29) is 5.41 Å². The van der Waals surface area contributed by atoms with Gasteiger partial charge >= 0.3 is 0 Å². The number of carbonyl (C=O) groups is 1. The zero-order valence-electron chi connectivity index (χ0n) is 17.4. The smallest absolute Gasteiger partial charge is 0.228 e. The third-order valence-electron chi connectivity index (χ3n) is 9.84. The number of ether oxygens (including phenoxy) is 1. The molecule has 4 aliphatic carbocycles. The molecule has 3 nitrogen and oxygen atoms in total. The molecule has 1 saturated heterocycles. The minimum absolute atomic E-state index is 0.168. The van der Waals surface area contributed by atoms with Gasteiger partial charge < -0.3 is 9.64 Å². The first-order valence-electron chi connectivity index (χ1n) is 11.4. The molecule has 1 heterocycles. The zero-order valence-corrected chi connectivity index (χ0v) is 17.4. The van der Waals surface area contributed by atoms with Gasteiger partial charge in [-0.25, -0.2) is 0 Å². The number of rotatable bonds is 1. The van der Waals surface area contributed by atoms with E-state index in [0.717, 1.165) is 31.3 Å². The quantitative estimate of drug-likeness (QED) is 0.619. The van der Waals surface area contributed by atoms with Crippen molar-refractivity contribution in [2.24, 2.45) is 34.0 Å². The summed E-state index contributed by atoms with van der Waals surface area (Å²) in [7, 11) is 0. The van der Waals surface area contributed by atoms with E-state index in [9.17, 15) is 4.79 Å². The number of carbonyl (C=O) groups excluding carboxylic acids is 1. The second kappa shape index (κ2) is 6.08. The Kier molecular flexibility index (Phi) is 4.10. The fourth-order valence-corrected chi connectivity index (χ4v) is 8.74.